The molecular weight excluding hydrogens is 298 g/mol. The molecule has 0 atom stereocenters. The Morgan fingerprint density at radius 3 is 1.62 bits per heavy atom. The zero-order valence-electron chi connectivity index (χ0n) is 12.3. The Morgan fingerprint density at radius 1 is 0.810 bits per heavy atom. The van der Waals surface area contributed by atoms with Crippen molar-refractivity contribution in [3.8, 4) is 5.75 Å². The minimum Gasteiger partial charge on any atom is -0.497 e. The monoisotopic (exact) mass is 315 g/mol. The van der Waals surface area contributed by atoms with Crippen LogP contribution in [0, 0.1) is 0 Å². The van der Waals surface area contributed by atoms with E-state index in [0.717, 1.165) is 22.6 Å². The molecule has 2 nitrogen and oxygen atoms in total. The van der Waals surface area contributed by atoms with Crippen molar-refractivity contribution in [3.05, 3.63) is 59.7 Å². The number of nitrogens with zero attached hydrogens (tertiary/aromatic N) is 1. The molecule has 2 aromatic rings. The van der Waals surface area contributed by atoms with Crippen molar-refractivity contribution in [1.82, 2.24) is 0 Å². The highest BCUT2D eigenvalue weighted by Gasteiger charge is 2.10. The summed E-state index contributed by atoms with van der Waals surface area (Å²) in [6.45, 7) is 0. The fraction of sp³-hybridized carbons (Fsp3) is 0.176. The van der Waals surface area contributed by atoms with E-state index in [1.807, 2.05) is 62.6 Å². The lowest BCUT2D eigenvalue weighted by Crippen LogP contribution is -2.13. The van der Waals surface area contributed by atoms with Gasteiger partial charge in [0.25, 0.3) is 0 Å². The molecular formula is C17H17NOS2. The van der Waals surface area contributed by atoms with Crippen LogP contribution in [0.5, 0.6) is 5.75 Å². The lowest BCUT2D eigenvalue weighted by atomic mass is 10.0. The SMILES string of the molecule is COc1ccc(C(=S)C(=S)c2ccc(N(C)C)cc2)cc1. The number of ether oxygens (including phenoxy) is 1. The quantitative estimate of drug-likeness (QED) is 0.612. The van der Waals surface area contributed by atoms with Gasteiger partial charge < -0.3 is 9.64 Å². The molecule has 0 saturated carbocycles. The summed E-state index contributed by atoms with van der Waals surface area (Å²) < 4.78 is 5.15. The van der Waals surface area contributed by atoms with Crippen molar-refractivity contribution in [2.45, 2.75) is 0 Å². The first-order chi connectivity index (χ1) is 10.0. The van der Waals surface area contributed by atoms with E-state index in [2.05, 4.69) is 4.90 Å². The largest absolute Gasteiger partial charge is 0.497 e. The van der Waals surface area contributed by atoms with Crippen molar-refractivity contribution < 1.29 is 4.74 Å². The van der Waals surface area contributed by atoms with Crippen molar-refractivity contribution in [3.63, 3.8) is 0 Å². The second-order valence-electron chi connectivity index (χ2n) is 4.83. The molecule has 21 heavy (non-hydrogen) atoms. The molecule has 0 radical (unpaired) electrons. The standard InChI is InChI=1S/C17H17NOS2/c1-18(2)14-8-4-12(5-9-14)16(20)17(21)13-6-10-15(19-3)11-7-13/h4-11H,1-3H3. The number of hydrogen-bond acceptors (Lipinski definition) is 4. The van der Waals surface area contributed by atoms with Crippen LogP contribution in [-0.4, -0.2) is 30.9 Å². The van der Waals surface area contributed by atoms with Crippen LogP contribution in [0.3, 0.4) is 0 Å². The lowest BCUT2D eigenvalue weighted by molar-refractivity contribution is 0.415. The molecule has 0 spiro atoms. The Bertz CT molecular complexity index is 645. The summed E-state index contributed by atoms with van der Waals surface area (Å²) in [4.78, 5) is 3.43. The average Bonchev–Trinajstić information content (AvgIpc) is 2.53. The van der Waals surface area contributed by atoms with Gasteiger partial charge in [-0.3, -0.25) is 0 Å². The first-order valence-corrected chi connectivity index (χ1v) is 7.35. The summed E-state index contributed by atoms with van der Waals surface area (Å²) in [6, 6.07) is 15.7. The smallest absolute Gasteiger partial charge is 0.118 e. The number of anilines is 1. The van der Waals surface area contributed by atoms with Gasteiger partial charge in [-0.15, -0.1) is 0 Å². The second-order valence-corrected chi connectivity index (χ2v) is 5.64. The highest BCUT2D eigenvalue weighted by Crippen LogP contribution is 2.17. The highest BCUT2D eigenvalue weighted by atomic mass is 32.1. The van der Waals surface area contributed by atoms with Crippen LogP contribution in [0.2, 0.25) is 0 Å². The number of thiocarbonyl (C=S) groups is 2. The van der Waals surface area contributed by atoms with Gasteiger partial charge in [-0.05, 0) is 47.5 Å². The van der Waals surface area contributed by atoms with Crippen molar-refractivity contribution >= 4 is 39.9 Å². The lowest BCUT2D eigenvalue weighted by Gasteiger charge is -2.13. The first-order valence-electron chi connectivity index (χ1n) is 6.53. The molecule has 0 N–H and O–H groups in total. The van der Waals surface area contributed by atoms with Crippen molar-refractivity contribution in [2.24, 2.45) is 0 Å². The molecule has 2 aromatic carbocycles. The van der Waals surface area contributed by atoms with Crippen LogP contribution >= 0.6 is 24.4 Å². The molecule has 0 aliphatic rings. The van der Waals surface area contributed by atoms with Crippen LogP contribution in [0.25, 0.3) is 0 Å². The fourth-order valence-corrected chi connectivity index (χ4v) is 2.42. The maximum Gasteiger partial charge on any atom is 0.118 e. The number of methoxy groups -OCH3 is 1. The third kappa shape index (κ3) is 3.65. The third-order valence-corrected chi connectivity index (χ3v) is 4.21. The van der Waals surface area contributed by atoms with E-state index >= 15 is 0 Å². The van der Waals surface area contributed by atoms with Gasteiger partial charge >= 0.3 is 0 Å². The summed E-state index contributed by atoms with van der Waals surface area (Å²) >= 11 is 11.0. The van der Waals surface area contributed by atoms with Crippen LogP contribution in [0.15, 0.2) is 48.5 Å². The normalized spacial score (nSPS) is 10.0. The zero-order chi connectivity index (χ0) is 15.4. The molecule has 0 aliphatic carbocycles. The van der Waals surface area contributed by atoms with Gasteiger partial charge in [-0.1, -0.05) is 36.6 Å². The van der Waals surface area contributed by atoms with Crippen molar-refractivity contribution in [2.75, 3.05) is 26.1 Å². The van der Waals surface area contributed by atoms with Crippen LogP contribution in [0.1, 0.15) is 11.1 Å². The summed E-state index contributed by atoms with van der Waals surface area (Å²) in [7, 11) is 5.66. The molecule has 0 heterocycles. The zero-order valence-corrected chi connectivity index (χ0v) is 13.9. The van der Waals surface area contributed by atoms with Crippen LogP contribution in [0.4, 0.5) is 5.69 Å². The predicted molar refractivity (Wildman–Crippen MR) is 97.2 cm³/mol. The van der Waals surface area contributed by atoms with E-state index in [0.29, 0.717) is 9.73 Å². The van der Waals surface area contributed by atoms with Gasteiger partial charge in [-0.25, -0.2) is 0 Å². The van der Waals surface area contributed by atoms with Crippen molar-refractivity contribution in [1.29, 1.82) is 0 Å². The Morgan fingerprint density at radius 2 is 1.24 bits per heavy atom. The van der Waals surface area contributed by atoms with E-state index in [4.69, 9.17) is 29.2 Å². The summed E-state index contributed by atoms with van der Waals surface area (Å²) in [5.41, 5.74) is 3.04. The van der Waals surface area contributed by atoms with E-state index in [-0.39, 0.29) is 0 Å². The van der Waals surface area contributed by atoms with E-state index in [1.54, 1.807) is 7.11 Å². The van der Waals surface area contributed by atoms with Gasteiger partial charge in [0, 0.05) is 19.8 Å². The highest BCUT2D eigenvalue weighted by molar-refractivity contribution is 7.90. The molecule has 0 aliphatic heterocycles. The molecule has 0 aromatic heterocycles. The number of benzene rings is 2. The number of rotatable bonds is 5. The Kier molecular flexibility index (Phi) is 5.04. The molecule has 0 unspecified atom stereocenters. The minimum atomic E-state index is 0.685. The first kappa shape index (κ1) is 15.6. The average molecular weight is 315 g/mol. The van der Waals surface area contributed by atoms with E-state index < -0.39 is 0 Å². The Balaban J connectivity index is 2.19. The van der Waals surface area contributed by atoms with E-state index in [9.17, 15) is 0 Å². The molecule has 108 valence electrons. The van der Waals surface area contributed by atoms with Crippen LogP contribution in [-0.2, 0) is 0 Å². The molecule has 0 fully saturated rings. The van der Waals surface area contributed by atoms with Gasteiger partial charge in [-0.2, -0.15) is 0 Å². The Labute approximate surface area is 136 Å². The molecule has 2 rings (SSSR count). The van der Waals surface area contributed by atoms with Gasteiger partial charge in [0.15, 0.2) is 0 Å². The molecule has 0 bridgehead atoms. The Hall–Kier alpha value is -1.78. The molecule has 0 saturated heterocycles. The van der Waals surface area contributed by atoms with E-state index in [1.165, 1.54) is 0 Å². The fourth-order valence-electron chi connectivity index (χ4n) is 1.92. The topological polar surface area (TPSA) is 12.5 Å². The third-order valence-electron chi connectivity index (χ3n) is 3.20. The predicted octanol–water partition coefficient (Wildman–Crippen LogP) is 3.90. The molecule has 0 amide bonds. The van der Waals surface area contributed by atoms with Gasteiger partial charge in [0.05, 0.1) is 16.8 Å². The summed E-state index contributed by atoms with van der Waals surface area (Å²) in [6.07, 6.45) is 0. The summed E-state index contributed by atoms with van der Waals surface area (Å²) in [5, 5.41) is 0. The maximum absolute atomic E-state index is 5.51. The van der Waals surface area contributed by atoms with Gasteiger partial charge in [0.1, 0.15) is 5.75 Å². The maximum atomic E-state index is 5.51. The second kappa shape index (κ2) is 6.78. The van der Waals surface area contributed by atoms with Crippen LogP contribution < -0.4 is 9.64 Å². The molecule has 4 heteroatoms. The minimum absolute atomic E-state index is 0.685. The van der Waals surface area contributed by atoms with Gasteiger partial charge in [0.2, 0.25) is 0 Å². The number of hydrogen-bond donors (Lipinski definition) is 0. The summed E-state index contributed by atoms with van der Waals surface area (Å²) in [5.74, 6) is 0.808.